The fraction of sp³-hybridized carbons (Fsp3) is 0.267. The van der Waals surface area contributed by atoms with Crippen LogP contribution in [0.4, 0.5) is 5.82 Å². The van der Waals surface area contributed by atoms with Crippen LogP contribution >= 0.6 is 0 Å². The van der Waals surface area contributed by atoms with E-state index in [1.165, 1.54) is 16.7 Å². The lowest BCUT2D eigenvalue weighted by molar-refractivity contribution is 0.593. The topological polar surface area (TPSA) is 82.8 Å². The number of pyridine rings is 1. The third kappa shape index (κ3) is 4.64. The number of hydrogen-bond donors (Lipinski definition) is 2. The van der Waals surface area contributed by atoms with Gasteiger partial charge in [0.1, 0.15) is 11.3 Å². The Kier molecular flexibility index (Phi) is 6.51. The highest BCUT2D eigenvalue weighted by Crippen LogP contribution is 2.33. The Labute approximate surface area is 206 Å². The van der Waals surface area contributed by atoms with Gasteiger partial charge >= 0.3 is 0 Å². The molecule has 1 unspecified atom stereocenters. The van der Waals surface area contributed by atoms with Gasteiger partial charge in [-0.25, -0.2) is 9.97 Å². The van der Waals surface area contributed by atoms with Gasteiger partial charge in [-0.15, -0.1) is 0 Å². The maximum absolute atomic E-state index is 6.51. The van der Waals surface area contributed by atoms with Gasteiger partial charge in [0.15, 0.2) is 5.82 Å². The van der Waals surface area contributed by atoms with Crippen LogP contribution in [-0.2, 0) is 19.5 Å². The molecule has 0 saturated carbocycles. The number of aromatic nitrogens is 3. The normalized spacial score (nSPS) is 12.4. The zero-order valence-corrected chi connectivity index (χ0v) is 20.5. The monoisotopic (exact) mass is 463 g/mol. The largest absolute Gasteiger partial charge is 0.382 e. The Balaban J connectivity index is 1.66. The van der Waals surface area contributed by atoms with Crippen molar-refractivity contribution in [2.45, 2.75) is 52.1 Å². The SMILES string of the molecule is CCCC(C)c1nc2c(N)nc3cc(Cc4ccccc4)ccc3c2n1Cc1ccc(CN)cc1. The van der Waals surface area contributed by atoms with E-state index in [1.807, 2.05) is 6.07 Å². The van der Waals surface area contributed by atoms with Crippen molar-refractivity contribution in [3.8, 4) is 0 Å². The zero-order chi connectivity index (χ0) is 24.4. The van der Waals surface area contributed by atoms with E-state index < -0.39 is 0 Å². The lowest BCUT2D eigenvalue weighted by atomic mass is 10.0. The zero-order valence-electron chi connectivity index (χ0n) is 20.5. The van der Waals surface area contributed by atoms with Crippen LogP contribution in [0, 0.1) is 0 Å². The summed E-state index contributed by atoms with van der Waals surface area (Å²) in [6.07, 6.45) is 3.04. The van der Waals surface area contributed by atoms with Crippen molar-refractivity contribution < 1.29 is 0 Å². The van der Waals surface area contributed by atoms with Gasteiger partial charge in [0.05, 0.1) is 11.0 Å². The van der Waals surface area contributed by atoms with Crippen molar-refractivity contribution >= 4 is 27.8 Å². The van der Waals surface area contributed by atoms with Crippen LogP contribution in [0.2, 0.25) is 0 Å². The summed E-state index contributed by atoms with van der Waals surface area (Å²) in [5.41, 5.74) is 20.0. The summed E-state index contributed by atoms with van der Waals surface area (Å²) in [6.45, 7) is 5.75. The molecular formula is C30H33N5. The number of anilines is 1. The highest BCUT2D eigenvalue weighted by molar-refractivity contribution is 6.06. The van der Waals surface area contributed by atoms with Crippen LogP contribution < -0.4 is 11.5 Å². The van der Waals surface area contributed by atoms with E-state index >= 15 is 0 Å². The predicted octanol–water partition coefficient (Wildman–Crippen LogP) is 6.17. The molecule has 0 radical (unpaired) electrons. The van der Waals surface area contributed by atoms with E-state index in [1.54, 1.807) is 0 Å². The molecule has 0 spiro atoms. The van der Waals surface area contributed by atoms with Crippen molar-refractivity contribution in [1.29, 1.82) is 0 Å². The van der Waals surface area contributed by atoms with Gasteiger partial charge in [0, 0.05) is 24.4 Å². The molecule has 1 atom stereocenters. The van der Waals surface area contributed by atoms with Crippen LogP contribution in [0.1, 0.15) is 60.7 Å². The highest BCUT2D eigenvalue weighted by Gasteiger charge is 2.21. The summed E-state index contributed by atoms with van der Waals surface area (Å²) < 4.78 is 2.35. The predicted molar refractivity (Wildman–Crippen MR) is 145 cm³/mol. The first-order valence-electron chi connectivity index (χ1n) is 12.5. The third-order valence-corrected chi connectivity index (χ3v) is 6.81. The van der Waals surface area contributed by atoms with E-state index in [-0.39, 0.29) is 0 Å². The number of nitrogen functional groups attached to an aromatic ring is 1. The van der Waals surface area contributed by atoms with Gasteiger partial charge in [0.25, 0.3) is 0 Å². The Morgan fingerprint density at radius 2 is 1.57 bits per heavy atom. The molecule has 3 aromatic carbocycles. The van der Waals surface area contributed by atoms with E-state index in [2.05, 4.69) is 85.1 Å². The Bertz CT molecular complexity index is 1450. The van der Waals surface area contributed by atoms with Gasteiger partial charge < -0.3 is 16.0 Å². The van der Waals surface area contributed by atoms with Gasteiger partial charge in [0.2, 0.25) is 0 Å². The molecule has 0 amide bonds. The van der Waals surface area contributed by atoms with E-state index in [4.69, 9.17) is 21.4 Å². The van der Waals surface area contributed by atoms with Crippen LogP contribution in [0.3, 0.4) is 0 Å². The Morgan fingerprint density at radius 3 is 2.29 bits per heavy atom. The average molecular weight is 464 g/mol. The molecule has 0 aliphatic carbocycles. The van der Waals surface area contributed by atoms with E-state index in [9.17, 15) is 0 Å². The summed E-state index contributed by atoms with van der Waals surface area (Å²) in [7, 11) is 0. The van der Waals surface area contributed by atoms with Crippen LogP contribution in [0.5, 0.6) is 0 Å². The fourth-order valence-electron chi connectivity index (χ4n) is 4.98. The summed E-state index contributed by atoms with van der Waals surface area (Å²) in [6, 6.07) is 25.6. The Hall–Kier alpha value is -3.70. The minimum atomic E-state index is 0.322. The second-order valence-electron chi connectivity index (χ2n) is 9.47. The average Bonchev–Trinajstić information content (AvgIpc) is 3.25. The molecule has 5 nitrogen and oxygen atoms in total. The smallest absolute Gasteiger partial charge is 0.152 e. The molecule has 0 aliphatic heterocycles. The van der Waals surface area contributed by atoms with E-state index in [0.29, 0.717) is 18.3 Å². The quantitative estimate of drug-likeness (QED) is 0.288. The Morgan fingerprint density at radius 1 is 0.857 bits per heavy atom. The molecule has 4 N–H and O–H groups in total. The van der Waals surface area contributed by atoms with Gasteiger partial charge in [-0.3, -0.25) is 0 Å². The lowest BCUT2D eigenvalue weighted by Crippen LogP contribution is -2.09. The molecular weight excluding hydrogens is 430 g/mol. The molecule has 0 bridgehead atoms. The first-order valence-corrected chi connectivity index (χ1v) is 12.5. The number of nitrogens with zero attached hydrogens (tertiary/aromatic N) is 3. The summed E-state index contributed by atoms with van der Waals surface area (Å²) in [4.78, 5) is 9.84. The first-order chi connectivity index (χ1) is 17.1. The number of benzene rings is 3. The molecule has 5 aromatic rings. The van der Waals surface area contributed by atoms with Crippen LogP contribution in [0.25, 0.3) is 21.9 Å². The third-order valence-electron chi connectivity index (χ3n) is 6.81. The van der Waals surface area contributed by atoms with E-state index in [0.717, 1.165) is 59.1 Å². The fourth-order valence-corrected chi connectivity index (χ4v) is 4.98. The molecule has 0 aliphatic rings. The maximum Gasteiger partial charge on any atom is 0.152 e. The van der Waals surface area contributed by atoms with Gasteiger partial charge in [-0.2, -0.15) is 0 Å². The number of rotatable bonds is 8. The molecule has 5 rings (SSSR count). The second kappa shape index (κ2) is 9.88. The highest BCUT2D eigenvalue weighted by atomic mass is 15.1. The minimum absolute atomic E-state index is 0.322. The molecule has 2 heterocycles. The first kappa shape index (κ1) is 23.1. The summed E-state index contributed by atoms with van der Waals surface area (Å²) >= 11 is 0. The summed E-state index contributed by atoms with van der Waals surface area (Å²) in [5.74, 6) is 1.88. The van der Waals surface area contributed by atoms with Crippen molar-refractivity contribution in [3.05, 3.63) is 101 Å². The van der Waals surface area contributed by atoms with Gasteiger partial charge in [-0.1, -0.05) is 87.0 Å². The standard InChI is InChI=1S/C30H33N5/c1-3-7-20(2)30-34-27-28(35(30)19-23-12-10-22(18-31)11-13-23)25-15-14-24(17-26(25)33-29(27)32)16-21-8-5-4-6-9-21/h4-6,8-15,17,20H,3,7,16,18-19,31H2,1-2H3,(H2,32,33). The van der Waals surface area contributed by atoms with Gasteiger partial charge in [-0.05, 0) is 41.2 Å². The number of hydrogen-bond acceptors (Lipinski definition) is 4. The van der Waals surface area contributed by atoms with Crippen LogP contribution in [0.15, 0.2) is 72.8 Å². The number of nitrogens with two attached hydrogens (primary N) is 2. The second-order valence-corrected chi connectivity index (χ2v) is 9.47. The molecule has 178 valence electrons. The van der Waals surface area contributed by atoms with Crippen molar-refractivity contribution in [2.24, 2.45) is 5.73 Å². The molecule has 5 heteroatoms. The van der Waals surface area contributed by atoms with Crippen LogP contribution in [-0.4, -0.2) is 14.5 Å². The lowest BCUT2D eigenvalue weighted by Gasteiger charge is -2.15. The molecule has 2 aromatic heterocycles. The molecule has 0 fully saturated rings. The number of fused-ring (bicyclic) bond motifs is 3. The van der Waals surface area contributed by atoms with Crippen molar-refractivity contribution in [1.82, 2.24) is 14.5 Å². The molecule has 35 heavy (non-hydrogen) atoms. The number of imidazole rings is 1. The maximum atomic E-state index is 6.51. The summed E-state index contributed by atoms with van der Waals surface area (Å²) in [5, 5.41) is 1.09. The minimum Gasteiger partial charge on any atom is -0.382 e. The molecule has 0 saturated heterocycles. The van der Waals surface area contributed by atoms with Crippen molar-refractivity contribution in [2.75, 3.05) is 5.73 Å². The van der Waals surface area contributed by atoms with Crippen molar-refractivity contribution in [3.63, 3.8) is 0 Å².